The molecular weight excluding hydrogens is 252 g/mol. The number of hydrogen-bond donors (Lipinski definition) is 2. The first kappa shape index (κ1) is 12.9. The van der Waals surface area contributed by atoms with Crippen LogP contribution in [0, 0.1) is 11.6 Å². The lowest BCUT2D eigenvalue weighted by molar-refractivity contribution is -0.115. The molecule has 1 amide bonds. The number of halogens is 2. The van der Waals surface area contributed by atoms with E-state index in [1.165, 1.54) is 24.5 Å². The van der Waals surface area contributed by atoms with Crippen LogP contribution in [0.5, 0.6) is 0 Å². The summed E-state index contributed by atoms with van der Waals surface area (Å²) >= 11 is 0. The van der Waals surface area contributed by atoms with Crippen molar-refractivity contribution in [2.24, 2.45) is 0 Å². The largest absolute Gasteiger partial charge is 0.396 e. The lowest BCUT2D eigenvalue weighted by Crippen LogP contribution is -2.16. The predicted octanol–water partition coefficient (Wildman–Crippen LogP) is 2.12. The maximum Gasteiger partial charge on any atom is 0.228 e. The molecule has 0 spiro atoms. The number of benzene rings is 1. The second kappa shape index (κ2) is 5.43. The van der Waals surface area contributed by atoms with Crippen molar-refractivity contribution < 1.29 is 13.6 Å². The maximum absolute atomic E-state index is 13.4. The normalized spacial score (nSPS) is 10.2. The number of amides is 1. The van der Waals surface area contributed by atoms with E-state index in [0.29, 0.717) is 11.4 Å². The fourth-order valence-corrected chi connectivity index (χ4v) is 1.55. The number of carbonyl (C=O) groups is 1. The molecule has 1 aromatic carbocycles. The molecule has 98 valence electrons. The Hall–Kier alpha value is -2.50. The summed E-state index contributed by atoms with van der Waals surface area (Å²) in [6.07, 6.45) is 2.67. The Balaban J connectivity index is 2.08. The second-order valence-corrected chi connectivity index (χ2v) is 3.92. The molecule has 0 aliphatic rings. The summed E-state index contributed by atoms with van der Waals surface area (Å²) in [6, 6.07) is 4.62. The summed E-state index contributed by atoms with van der Waals surface area (Å²) in [6.45, 7) is 0. The van der Waals surface area contributed by atoms with Crippen molar-refractivity contribution in [1.29, 1.82) is 0 Å². The SMILES string of the molecule is Nc1cnccc1NC(=O)Cc1ccc(F)cc1F. The highest BCUT2D eigenvalue weighted by Crippen LogP contribution is 2.16. The third-order valence-corrected chi connectivity index (χ3v) is 2.49. The highest BCUT2D eigenvalue weighted by molar-refractivity contribution is 5.94. The number of nitrogens with zero attached hydrogens (tertiary/aromatic N) is 1. The first-order chi connectivity index (χ1) is 9.06. The quantitative estimate of drug-likeness (QED) is 0.891. The van der Waals surface area contributed by atoms with Gasteiger partial charge in [-0.15, -0.1) is 0 Å². The van der Waals surface area contributed by atoms with E-state index in [2.05, 4.69) is 10.3 Å². The Bertz CT molecular complexity index is 617. The topological polar surface area (TPSA) is 68.0 Å². The van der Waals surface area contributed by atoms with Gasteiger partial charge in [-0.1, -0.05) is 6.07 Å². The Morgan fingerprint density at radius 1 is 1.32 bits per heavy atom. The van der Waals surface area contributed by atoms with Gasteiger partial charge in [0.15, 0.2) is 0 Å². The van der Waals surface area contributed by atoms with Crippen molar-refractivity contribution >= 4 is 17.3 Å². The van der Waals surface area contributed by atoms with Crippen LogP contribution in [0.4, 0.5) is 20.2 Å². The Labute approximate surface area is 108 Å². The van der Waals surface area contributed by atoms with Crippen molar-refractivity contribution in [1.82, 2.24) is 4.98 Å². The van der Waals surface area contributed by atoms with E-state index in [4.69, 9.17) is 5.73 Å². The molecule has 1 aromatic heterocycles. The number of hydrogen-bond acceptors (Lipinski definition) is 3. The molecule has 6 heteroatoms. The fourth-order valence-electron chi connectivity index (χ4n) is 1.55. The number of nitrogens with one attached hydrogen (secondary N) is 1. The van der Waals surface area contributed by atoms with Crippen LogP contribution in [0.25, 0.3) is 0 Å². The first-order valence-corrected chi connectivity index (χ1v) is 5.49. The van der Waals surface area contributed by atoms with Crippen LogP contribution < -0.4 is 11.1 Å². The number of nitrogen functional groups attached to an aromatic ring is 1. The summed E-state index contributed by atoms with van der Waals surface area (Å²) in [5, 5.41) is 2.54. The average molecular weight is 263 g/mol. The minimum atomic E-state index is -0.752. The smallest absolute Gasteiger partial charge is 0.228 e. The minimum Gasteiger partial charge on any atom is -0.396 e. The van der Waals surface area contributed by atoms with Crippen LogP contribution in [0.15, 0.2) is 36.7 Å². The van der Waals surface area contributed by atoms with Crippen molar-refractivity contribution in [2.75, 3.05) is 11.1 Å². The first-order valence-electron chi connectivity index (χ1n) is 5.49. The van der Waals surface area contributed by atoms with Crippen molar-refractivity contribution in [3.05, 3.63) is 53.9 Å². The molecule has 3 N–H and O–H groups in total. The Morgan fingerprint density at radius 3 is 2.79 bits per heavy atom. The molecule has 0 atom stereocenters. The molecule has 0 saturated heterocycles. The van der Waals surface area contributed by atoms with E-state index in [1.807, 2.05) is 0 Å². The molecule has 0 bridgehead atoms. The van der Waals surface area contributed by atoms with Crippen LogP contribution in [0.1, 0.15) is 5.56 Å². The zero-order valence-corrected chi connectivity index (χ0v) is 9.86. The molecule has 19 heavy (non-hydrogen) atoms. The number of aromatic nitrogens is 1. The fraction of sp³-hybridized carbons (Fsp3) is 0.0769. The molecule has 0 saturated carbocycles. The van der Waals surface area contributed by atoms with Crippen LogP contribution >= 0.6 is 0 Å². The average Bonchev–Trinajstić information content (AvgIpc) is 2.36. The van der Waals surface area contributed by atoms with Gasteiger partial charge >= 0.3 is 0 Å². The minimum absolute atomic E-state index is 0.117. The van der Waals surface area contributed by atoms with Gasteiger partial charge in [-0.25, -0.2) is 8.78 Å². The summed E-state index contributed by atoms with van der Waals surface area (Å²) in [5.41, 5.74) is 6.45. The van der Waals surface area contributed by atoms with E-state index in [1.54, 1.807) is 0 Å². The standard InChI is InChI=1S/C13H11F2N3O/c14-9-2-1-8(10(15)6-9)5-13(19)18-12-3-4-17-7-11(12)16/h1-4,6-7H,5,16H2,(H,17,18,19). The molecule has 0 radical (unpaired) electrons. The van der Waals surface area contributed by atoms with E-state index in [9.17, 15) is 13.6 Å². The molecule has 0 aliphatic carbocycles. The van der Waals surface area contributed by atoms with Crippen LogP contribution in [-0.2, 0) is 11.2 Å². The van der Waals surface area contributed by atoms with E-state index in [-0.39, 0.29) is 12.0 Å². The van der Waals surface area contributed by atoms with Crippen molar-refractivity contribution in [3.8, 4) is 0 Å². The van der Waals surface area contributed by atoms with Crippen molar-refractivity contribution in [2.45, 2.75) is 6.42 Å². The van der Waals surface area contributed by atoms with Crippen LogP contribution in [0.3, 0.4) is 0 Å². The van der Waals surface area contributed by atoms with Gasteiger partial charge in [0.1, 0.15) is 11.6 Å². The third kappa shape index (κ3) is 3.25. The summed E-state index contributed by atoms with van der Waals surface area (Å²) < 4.78 is 26.1. The molecule has 2 aromatic rings. The molecule has 2 rings (SSSR count). The lowest BCUT2D eigenvalue weighted by Gasteiger charge is -2.08. The number of nitrogens with two attached hydrogens (primary N) is 1. The Morgan fingerprint density at radius 2 is 2.11 bits per heavy atom. The predicted molar refractivity (Wildman–Crippen MR) is 67.3 cm³/mol. The second-order valence-electron chi connectivity index (χ2n) is 3.92. The number of rotatable bonds is 3. The van der Waals surface area contributed by atoms with Crippen LogP contribution in [0.2, 0.25) is 0 Å². The third-order valence-electron chi connectivity index (χ3n) is 2.49. The van der Waals surface area contributed by atoms with Gasteiger partial charge in [0.05, 0.1) is 24.0 Å². The number of carbonyl (C=O) groups excluding carboxylic acids is 1. The highest BCUT2D eigenvalue weighted by Gasteiger charge is 2.10. The van der Waals surface area contributed by atoms with Crippen LogP contribution in [-0.4, -0.2) is 10.9 Å². The molecule has 0 unspecified atom stereocenters. The van der Waals surface area contributed by atoms with Gasteiger partial charge in [-0.05, 0) is 17.7 Å². The number of pyridine rings is 1. The molecule has 0 fully saturated rings. The van der Waals surface area contributed by atoms with E-state index in [0.717, 1.165) is 12.1 Å². The summed E-state index contributed by atoms with van der Waals surface area (Å²) in [5.74, 6) is -1.87. The maximum atomic E-state index is 13.4. The Kier molecular flexibility index (Phi) is 3.70. The van der Waals surface area contributed by atoms with E-state index < -0.39 is 17.5 Å². The number of anilines is 2. The summed E-state index contributed by atoms with van der Waals surface area (Å²) in [4.78, 5) is 15.5. The zero-order chi connectivity index (χ0) is 13.8. The molecule has 4 nitrogen and oxygen atoms in total. The van der Waals surface area contributed by atoms with Gasteiger partial charge in [0.25, 0.3) is 0 Å². The monoisotopic (exact) mass is 263 g/mol. The lowest BCUT2D eigenvalue weighted by atomic mass is 10.1. The van der Waals surface area contributed by atoms with Gasteiger partial charge in [-0.3, -0.25) is 9.78 Å². The van der Waals surface area contributed by atoms with Gasteiger partial charge in [0, 0.05) is 12.3 Å². The molecular formula is C13H11F2N3O. The zero-order valence-electron chi connectivity index (χ0n) is 9.86. The van der Waals surface area contributed by atoms with Gasteiger partial charge in [-0.2, -0.15) is 0 Å². The van der Waals surface area contributed by atoms with Gasteiger partial charge in [0.2, 0.25) is 5.91 Å². The van der Waals surface area contributed by atoms with Gasteiger partial charge < -0.3 is 11.1 Å². The molecule has 0 aliphatic heterocycles. The highest BCUT2D eigenvalue weighted by atomic mass is 19.1. The molecule has 1 heterocycles. The van der Waals surface area contributed by atoms with E-state index >= 15 is 0 Å². The summed E-state index contributed by atoms with van der Waals surface area (Å²) in [7, 11) is 0. The van der Waals surface area contributed by atoms with Crippen molar-refractivity contribution in [3.63, 3.8) is 0 Å².